The van der Waals surface area contributed by atoms with Gasteiger partial charge in [0.1, 0.15) is 0 Å². The van der Waals surface area contributed by atoms with Crippen LogP contribution in [0.15, 0.2) is 0 Å². The quantitative estimate of drug-likeness (QED) is 0.413. The summed E-state index contributed by atoms with van der Waals surface area (Å²) in [5, 5.41) is 9.48. The van der Waals surface area contributed by atoms with Gasteiger partial charge in [-0.25, -0.2) is 4.79 Å². The normalized spacial score (nSPS) is 33.3. The molecule has 7 heteroatoms. The number of ether oxygens (including phenoxy) is 1. The molecule has 3 N–H and O–H groups in total. The van der Waals surface area contributed by atoms with E-state index in [2.05, 4.69) is 20.5 Å². The Balaban J connectivity index is 1.76. The molecule has 3 saturated heterocycles. The van der Waals surface area contributed by atoms with E-state index in [0.717, 1.165) is 32.3 Å². The first-order valence-electron chi connectivity index (χ1n) is 5.52. The van der Waals surface area contributed by atoms with Gasteiger partial charge in [0.25, 0.3) is 0 Å². The van der Waals surface area contributed by atoms with Crippen molar-refractivity contribution in [2.75, 3.05) is 33.4 Å². The Kier molecular flexibility index (Phi) is 2.13. The van der Waals surface area contributed by atoms with E-state index in [1.807, 2.05) is 0 Å². The molecule has 0 aliphatic carbocycles. The summed E-state index contributed by atoms with van der Waals surface area (Å²) >= 11 is 0. The number of hydrogen-bond donors (Lipinski definition) is 3. The van der Waals surface area contributed by atoms with Gasteiger partial charge in [-0.2, -0.15) is 0 Å². The lowest BCUT2D eigenvalue weighted by Crippen LogP contribution is -2.47. The minimum absolute atomic E-state index is 0.00495. The average molecular weight is 226 g/mol. The van der Waals surface area contributed by atoms with Gasteiger partial charge >= 0.3 is 12.0 Å². The fraction of sp³-hybridized carbons (Fsp3) is 0.778. The van der Waals surface area contributed by atoms with Gasteiger partial charge in [0.15, 0.2) is 0 Å². The van der Waals surface area contributed by atoms with Crippen LogP contribution in [0, 0.1) is 0 Å². The number of nitrogens with zero attached hydrogens (tertiary/aromatic N) is 2. The molecular formula is C9H16N5O2+. The van der Waals surface area contributed by atoms with Gasteiger partial charge in [-0.1, -0.05) is 0 Å². The molecular weight excluding hydrogens is 210 g/mol. The summed E-state index contributed by atoms with van der Waals surface area (Å²) < 4.78 is 7.51. The van der Waals surface area contributed by atoms with E-state index < -0.39 is 0 Å². The standard InChI is InChI=1S/C9H15N5O2/c1-13-7-6(11-9(13)15)10-8(12-7)14-2-4-16-5-3-14/h6-7H,2-5H2,1H3,(H2,10,11,12,15)/p+1. The summed E-state index contributed by atoms with van der Waals surface area (Å²) in [6, 6.07) is -0.0453. The molecule has 0 aromatic carbocycles. The van der Waals surface area contributed by atoms with Crippen molar-refractivity contribution in [2.45, 2.75) is 12.3 Å². The van der Waals surface area contributed by atoms with Gasteiger partial charge in [-0.05, 0) is 0 Å². The minimum atomic E-state index is -0.0453. The molecule has 2 unspecified atom stereocenters. The second-order valence-electron chi connectivity index (χ2n) is 4.22. The number of likely N-dealkylation sites (N-methyl/N-ethyl adjacent to an activating group) is 1. The van der Waals surface area contributed by atoms with Crippen LogP contribution in [0.5, 0.6) is 0 Å². The third-order valence-electron chi connectivity index (χ3n) is 3.24. The van der Waals surface area contributed by atoms with Crippen molar-refractivity contribution in [1.29, 1.82) is 0 Å². The average Bonchev–Trinajstić information content (AvgIpc) is 2.82. The number of fused-ring (bicyclic) bond motifs is 1. The molecule has 2 amide bonds. The van der Waals surface area contributed by atoms with E-state index in [1.165, 1.54) is 0 Å². The third-order valence-corrected chi connectivity index (χ3v) is 3.24. The molecule has 0 radical (unpaired) electrons. The van der Waals surface area contributed by atoms with Crippen LogP contribution in [-0.2, 0) is 4.74 Å². The van der Waals surface area contributed by atoms with Crippen molar-refractivity contribution < 1.29 is 14.1 Å². The maximum absolute atomic E-state index is 11.4. The number of morpholine rings is 1. The summed E-state index contributed by atoms with van der Waals surface area (Å²) in [4.78, 5) is 13.0. The van der Waals surface area contributed by atoms with Crippen molar-refractivity contribution in [3.63, 3.8) is 0 Å². The SMILES string of the molecule is CN1C(=O)NC2NC(=[N+]3CCOCC3)NC21. The number of nitrogens with one attached hydrogen (secondary N) is 3. The molecule has 7 nitrogen and oxygen atoms in total. The van der Waals surface area contributed by atoms with E-state index >= 15 is 0 Å². The van der Waals surface area contributed by atoms with Crippen LogP contribution in [-0.4, -0.2) is 67.1 Å². The zero-order valence-electron chi connectivity index (χ0n) is 9.19. The smallest absolute Gasteiger partial charge is 0.349 e. The molecule has 0 spiro atoms. The summed E-state index contributed by atoms with van der Waals surface area (Å²) in [6.07, 6.45) is -0.0271. The number of amides is 2. The minimum Gasteiger partial charge on any atom is -0.375 e. The van der Waals surface area contributed by atoms with Crippen LogP contribution in [0.4, 0.5) is 4.79 Å². The molecule has 0 saturated carbocycles. The molecule has 0 aromatic heterocycles. The van der Waals surface area contributed by atoms with E-state index in [9.17, 15) is 4.79 Å². The lowest BCUT2D eigenvalue weighted by atomic mass is 10.4. The number of urea groups is 1. The number of hydrogen-bond acceptors (Lipinski definition) is 2. The second kappa shape index (κ2) is 3.51. The lowest BCUT2D eigenvalue weighted by molar-refractivity contribution is -0.552. The molecule has 88 valence electrons. The Bertz CT molecular complexity index is 348. The summed E-state index contributed by atoms with van der Waals surface area (Å²) in [7, 11) is 1.79. The predicted octanol–water partition coefficient (Wildman–Crippen LogP) is -2.11. The van der Waals surface area contributed by atoms with Gasteiger partial charge in [0.05, 0.1) is 26.3 Å². The van der Waals surface area contributed by atoms with Gasteiger partial charge in [-0.15, -0.1) is 0 Å². The van der Waals surface area contributed by atoms with Gasteiger partial charge < -0.3 is 10.1 Å². The Hall–Kier alpha value is -1.50. The zero-order chi connectivity index (χ0) is 11.1. The number of carbonyl (C=O) groups is 1. The van der Waals surface area contributed by atoms with Crippen LogP contribution >= 0.6 is 0 Å². The van der Waals surface area contributed by atoms with Crippen LogP contribution in [0.3, 0.4) is 0 Å². The van der Waals surface area contributed by atoms with E-state index in [0.29, 0.717) is 0 Å². The zero-order valence-corrected chi connectivity index (χ0v) is 9.19. The van der Waals surface area contributed by atoms with Gasteiger partial charge in [0.2, 0.25) is 12.3 Å². The lowest BCUT2D eigenvalue weighted by Gasteiger charge is -2.17. The Morgan fingerprint density at radius 1 is 1.31 bits per heavy atom. The summed E-state index contributed by atoms with van der Waals surface area (Å²) in [5.74, 6) is 0.991. The van der Waals surface area contributed by atoms with E-state index in [4.69, 9.17) is 4.74 Å². The largest absolute Gasteiger partial charge is 0.375 e. The Morgan fingerprint density at radius 3 is 2.75 bits per heavy atom. The van der Waals surface area contributed by atoms with Gasteiger partial charge in [0, 0.05) is 7.05 Å². The molecule has 3 aliphatic rings. The topological polar surface area (TPSA) is 68.6 Å². The summed E-state index contributed by atoms with van der Waals surface area (Å²) in [6.45, 7) is 3.27. The number of guanidine groups is 1. The first-order chi connectivity index (χ1) is 7.75. The van der Waals surface area contributed by atoms with Crippen LogP contribution < -0.4 is 16.0 Å². The first kappa shape index (κ1) is 9.71. The first-order valence-corrected chi connectivity index (χ1v) is 5.52. The number of carbonyl (C=O) groups excluding carboxylic acids is 1. The molecule has 2 atom stereocenters. The van der Waals surface area contributed by atoms with Crippen molar-refractivity contribution in [1.82, 2.24) is 20.9 Å². The van der Waals surface area contributed by atoms with Crippen molar-refractivity contribution in [3.05, 3.63) is 0 Å². The van der Waals surface area contributed by atoms with E-state index in [-0.39, 0.29) is 18.4 Å². The molecule has 3 fully saturated rings. The molecule has 0 aromatic rings. The fourth-order valence-electron chi connectivity index (χ4n) is 2.26. The van der Waals surface area contributed by atoms with E-state index in [1.54, 1.807) is 11.9 Å². The van der Waals surface area contributed by atoms with Crippen LogP contribution in [0.1, 0.15) is 0 Å². The monoisotopic (exact) mass is 226 g/mol. The Morgan fingerprint density at radius 2 is 2.06 bits per heavy atom. The summed E-state index contributed by atoms with van der Waals surface area (Å²) in [5.41, 5.74) is 0. The van der Waals surface area contributed by atoms with Crippen molar-refractivity contribution in [3.8, 4) is 0 Å². The Labute approximate surface area is 93.4 Å². The van der Waals surface area contributed by atoms with Crippen LogP contribution in [0.25, 0.3) is 0 Å². The molecule has 3 heterocycles. The number of rotatable bonds is 0. The maximum Gasteiger partial charge on any atom is 0.349 e. The molecule has 3 rings (SSSR count). The van der Waals surface area contributed by atoms with Gasteiger partial charge in [-0.3, -0.25) is 20.1 Å². The molecule has 16 heavy (non-hydrogen) atoms. The highest BCUT2D eigenvalue weighted by molar-refractivity contribution is 5.84. The van der Waals surface area contributed by atoms with Crippen molar-refractivity contribution in [2.24, 2.45) is 0 Å². The third kappa shape index (κ3) is 1.39. The molecule has 0 bridgehead atoms. The highest BCUT2D eigenvalue weighted by atomic mass is 16.5. The van der Waals surface area contributed by atoms with Crippen LogP contribution in [0.2, 0.25) is 0 Å². The highest BCUT2D eigenvalue weighted by Crippen LogP contribution is 2.11. The fourth-order valence-corrected chi connectivity index (χ4v) is 2.26. The highest BCUT2D eigenvalue weighted by Gasteiger charge is 2.48. The predicted molar refractivity (Wildman–Crippen MR) is 56.0 cm³/mol. The second-order valence-corrected chi connectivity index (χ2v) is 4.22. The molecule has 3 aliphatic heterocycles. The maximum atomic E-state index is 11.4. The van der Waals surface area contributed by atoms with Crippen molar-refractivity contribution >= 4 is 12.0 Å².